The lowest BCUT2D eigenvalue weighted by Crippen LogP contribution is -2.18. The van der Waals surface area contributed by atoms with Gasteiger partial charge in [-0.05, 0) is 24.6 Å². The van der Waals surface area contributed by atoms with Gasteiger partial charge in [-0.1, -0.05) is 11.6 Å². The predicted molar refractivity (Wildman–Crippen MR) is 90.4 cm³/mol. The lowest BCUT2D eigenvalue weighted by Gasteiger charge is -2.02. The molecule has 2 aromatic heterocycles. The molecule has 1 aliphatic heterocycles. The molecule has 5 nitrogen and oxygen atoms in total. The van der Waals surface area contributed by atoms with Crippen LogP contribution in [0.3, 0.4) is 0 Å². The molecule has 0 saturated carbocycles. The number of carbonyl (C=O) groups is 1. The van der Waals surface area contributed by atoms with E-state index >= 15 is 0 Å². The number of nitrogens with zero attached hydrogens (tertiary/aromatic N) is 2. The van der Waals surface area contributed by atoms with Gasteiger partial charge in [0.05, 0.1) is 17.3 Å². The molecule has 2 N–H and O–H groups in total. The first-order valence-corrected chi connectivity index (χ1v) is 8.10. The Hall–Kier alpha value is -2.27. The molecular weight excluding hydrogens is 312 g/mol. The normalized spacial score (nSPS) is 13.5. The second-order valence-electron chi connectivity index (χ2n) is 5.96. The summed E-state index contributed by atoms with van der Waals surface area (Å²) in [6.07, 6.45) is 4.28. The molecule has 0 spiro atoms. The zero-order valence-electron chi connectivity index (χ0n) is 12.8. The van der Waals surface area contributed by atoms with Crippen LogP contribution in [0.4, 0.5) is 0 Å². The quantitative estimate of drug-likeness (QED) is 0.775. The van der Waals surface area contributed by atoms with Crippen molar-refractivity contribution in [3.05, 3.63) is 40.9 Å². The van der Waals surface area contributed by atoms with E-state index in [1.54, 1.807) is 0 Å². The van der Waals surface area contributed by atoms with Crippen LogP contribution in [0.5, 0.6) is 0 Å². The molecule has 0 unspecified atom stereocenters. The molecular formula is C17H17ClN4O. The van der Waals surface area contributed by atoms with Gasteiger partial charge in [-0.15, -0.1) is 0 Å². The minimum Gasteiger partial charge on any atom is -0.357 e. The Kier molecular flexibility index (Phi) is 3.38. The zero-order chi connectivity index (χ0) is 16.0. The van der Waals surface area contributed by atoms with Crippen LogP contribution in [-0.4, -0.2) is 20.4 Å². The number of imidazole rings is 1. The summed E-state index contributed by atoms with van der Waals surface area (Å²) < 4.78 is 2.20. The first-order chi connectivity index (χ1) is 11.1. The highest BCUT2D eigenvalue weighted by Crippen LogP contribution is 2.33. The third kappa shape index (κ3) is 2.61. The summed E-state index contributed by atoms with van der Waals surface area (Å²) in [4.78, 5) is 19.1. The average Bonchev–Trinajstić information content (AvgIpc) is 3.16. The van der Waals surface area contributed by atoms with E-state index in [9.17, 15) is 4.79 Å². The predicted octanol–water partition coefficient (Wildman–Crippen LogP) is 3.27. The van der Waals surface area contributed by atoms with Crippen LogP contribution in [0.25, 0.3) is 22.2 Å². The topological polar surface area (TPSA) is 62.7 Å². The van der Waals surface area contributed by atoms with E-state index in [4.69, 9.17) is 16.6 Å². The van der Waals surface area contributed by atoms with E-state index < -0.39 is 0 Å². The Labute approximate surface area is 138 Å². The first kappa shape index (κ1) is 14.3. The van der Waals surface area contributed by atoms with Gasteiger partial charge in [0.2, 0.25) is 5.91 Å². The molecule has 1 amide bonds. The number of hydrogen-bond acceptors (Lipinski definition) is 2. The number of fused-ring (bicyclic) bond motifs is 2. The van der Waals surface area contributed by atoms with Gasteiger partial charge in [-0.25, -0.2) is 4.98 Å². The number of benzene rings is 1. The molecule has 3 aromatic rings. The summed E-state index contributed by atoms with van der Waals surface area (Å²) in [5.74, 6) is 1.09. The van der Waals surface area contributed by atoms with Gasteiger partial charge in [0.1, 0.15) is 5.82 Å². The van der Waals surface area contributed by atoms with Crippen molar-refractivity contribution in [1.82, 2.24) is 19.9 Å². The van der Waals surface area contributed by atoms with Gasteiger partial charge in [0.15, 0.2) is 0 Å². The Balaban J connectivity index is 1.72. The number of halogens is 1. The lowest BCUT2D eigenvalue weighted by molar-refractivity contribution is -0.119. The summed E-state index contributed by atoms with van der Waals surface area (Å²) in [7, 11) is 0. The maximum Gasteiger partial charge on any atom is 0.217 e. The van der Waals surface area contributed by atoms with Gasteiger partial charge in [0, 0.05) is 48.2 Å². The van der Waals surface area contributed by atoms with Gasteiger partial charge in [-0.2, -0.15) is 0 Å². The van der Waals surface area contributed by atoms with Gasteiger partial charge in [0.25, 0.3) is 0 Å². The van der Waals surface area contributed by atoms with Crippen molar-refractivity contribution < 1.29 is 4.79 Å². The number of nitrogens with one attached hydrogen (secondary N) is 2. The van der Waals surface area contributed by atoms with E-state index in [0.717, 1.165) is 46.6 Å². The van der Waals surface area contributed by atoms with Crippen LogP contribution in [0.15, 0.2) is 24.4 Å². The Morgan fingerprint density at radius 1 is 1.43 bits per heavy atom. The standard InChI is InChI=1S/C17H17ClN4O/c1-10(23)19-8-12-5-11-6-14(18)13(7-15(11)20-12)16-9-22-4-2-3-17(22)21-16/h5-7,9,20H,2-4,8H2,1H3,(H,19,23). The van der Waals surface area contributed by atoms with Gasteiger partial charge in [-0.3, -0.25) is 4.79 Å². The highest BCUT2D eigenvalue weighted by molar-refractivity contribution is 6.34. The van der Waals surface area contributed by atoms with Crippen molar-refractivity contribution in [3.8, 4) is 11.3 Å². The van der Waals surface area contributed by atoms with E-state index in [-0.39, 0.29) is 5.91 Å². The maximum absolute atomic E-state index is 11.0. The molecule has 118 valence electrons. The molecule has 0 atom stereocenters. The molecule has 0 radical (unpaired) electrons. The van der Waals surface area contributed by atoms with Crippen LogP contribution in [0.2, 0.25) is 5.02 Å². The van der Waals surface area contributed by atoms with Gasteiger partial charge < -0.3 is 14.9 Å². The summed E-state index contributed by atoms with van der Waals surface area (Å²) >= 11 is 6.46. The van der Waals surface area contributed by atoms with Crippen molar-refractivity contribution in [2.75, 3.05) is 0 Å². The fourth-order valence-corrected chi connectivity index (χ4v) is 3.38. The lowest BCUT2D eigenvalue weighted by atomic mass is 10.1. The Morgan fingerprint density at radius 3 is 3.09 bits per heavy atom. The molecule has 0 fully saturated rings. The summed E-state index contributed by atoms with van der Waals surface area (Å²) in [5.41, 5.74) is 3.81. The molecule has 6 heteroatoms. The van der Waals surface area contributed by atoms with Crippen LogP contribution in [0, 0.1) is 0 Å². The van der Waals surface area contributed by atoms with Crippen molar-refractivity contribution in [2.24, 2.45) is 0 Å². The molecule has 0 aliphatic carbocycles. The minimum absolute atomic E-state index is 0.0464. The molecule has 0 saturated heterocycles. The summed E-state index contributed by atoms with van der Waals surface area (Å²) in [5, 5.41) is 4.52. The number of carbonyl (C=O) groups excluding carboxylic acids is 1. The molecule has 23 heavy (non-hydrogen) atoms. The number of hydrogen-bond donors (Lipinski definition) is 2. The van der Waals surface area contributed by atoms with E-state index in [1.807, 2.05) is 18.2 Å². The van der Waals surface area contributed by atoms with Crippen LogP contribution >= 0.6 is 11.6 Å². The van der Waals surface area contributed by atoms with Gasteiger partial charge >= 0.3 is 0 Å². The number of amides is 1. The van der Waals surface area contributed by atoms with E-state index in [0.29, 0.717) is 11.6 Å². The zero-order valence-corrected chi connectivity index (χ0v) is 13.6. The largest absolute Gasteiger partial charge is 0.357 e. The number of aromatic nitrogens is 3. The van der Waals surface area contributed by atoms with E-state index in [2.05, 4.69) is 21.1 Å². The van der Waals surface area contributed by atoms with Crippen molar-refractivity contribution >= 4 is 28.4 Å². The molecule has 1 aliphatic rings. The summed E-state index contributed by atoms with van der Waals surface area (Å²) in [6.45, 7) is 3.02. The van der Waals surface area contributed by atoms with Crippen LogP contribution in [-0.2, 0) is 24.3 Å². The van der Waals surface area contributed by atoms with Crippen molar-refractivity contribution in [3.63, 3.8) is 0 Å². The third-order valence-electron chi connectivity index (χ3n) is 4.23. The second kappa shape index (κ2) is 5.42. The van der Waals surface area contributed by atoms with E-state index in [1.165, 1.54) is 13.3 Å². The first-order valence-electron chi connectivity index (χ1n) is 7.72. The highest BCUT2D eigenvalue weighted by Gasteiger charge is 2.17. The SMILES string of the molecule is CC(=O)NCc1cc2cc(Cl)c(-c3cn4c(n3)CCC4)cc2[nH]1. The monoisotopic (exact) mass is 328 g/mol. The smallest absolute Gasteiger partial charge is 0.217 e. The fraction of sp³-hybridized carbons (Fsp3) is 0.294. The maximum atomic E-state index is 11.0. The number of aromatic amines is 1. The number of rotatable bonds is 3. The number of H-pyrrole nitrogens is 1. The number of aryl methyl sites for hydroxylation is 2. The van der Waals surface area contributed by atoms with Crippen molar-refractivity contribution in [2.45, 2.75) is 32.9 Å². The highest BCUT2D eigenvalue weighted by atomic mass is 35.5. The molecule has 4 rings (SSSR count). The third-order valence-corrected chi connectivity index (χ3v) is 4.54. The fourth-order valence-electron chi connectivity index (χ4n) is 3.11. The van der Waals surface area contributed by atoms with Crippen LogP contribution < -0.4 is 5.32 Å². The minimum atomic E-state index is -0.0464. The van der Waals surface area contributed by atoms with Crippen LogP contribution in [0.1, 0.15) is 24.9 Å². The summed E-state index contributed by atoms with van der Waals surface area (Å²) in [6, 6.07) is 5.99. The molecule has 0 bridgehead atoms. The average molecular weight is 329 g/mol. The Morgan fingerprint density at radius 2 is 2.30 bits per heavy atom. The van der Waals surface area contributed by atoms with Crippen molar-refractivity contribution in [1.29, 1.82) is 0 Å². The second-order valence-corrected chi connectivity index (χ2v) is 6.37. The molecule has 3 heterocycles. The molecule has 1 aromatic carbocycles. The Bertz CT molecular complexity index is 887.